The predicted molar refractivity (Wildman–Crippen MR) is 112 cm³/mol. The molecular formula is C23H24N2S. The summed E-state index contributed by atoms with van der Waals surface area (Å²) in [7, 11) is 4.23. The van der Waals surface area contributed by atoms with E-state index in [1.807, 2.05) is 11.8 Å². The van der Waals surface area contributed by atoms with E-state index in [1.165, 1.54) is 32.8 Å². The van der Waals surface area contributed by atoms with Crippen LogP contribution in [0.25, 0.3) is 0 Å². The Balaban J connectivity index is 1.79. The van der Waals surface area contributed by atoms with Crippen molar-refractivity contribution >= 4 is 17.4 Å². The average molecular weight is 361 g/mol. The van der Waals surface area contributed by atoms with Crippen LogP contribution in [0.1, 0.15) is 28.3 Å². The van der Waals surface area contributed by atoms with Gasteiger partial charge in [-0.25, -0.2) is 0 Å². The number of nitrogens with one attached hydrogen (secondary N) is 1. The predicted octanol–water partition coefficient (Wildman–Crippen LogP) is 5.56. The molecule has 132 valence electrons. The summed E-state index contributed by atoms with van der Waals surface area (Å²) in [5.41, 5.74) is 6.69. The lowest BCUT2D eigenvalue weighted by atomic mass is 9.94. The fourth-order valence-corrected chi connectivity index (χ4v) is 4.67. The lowest BCUT2D eigenvalue weighted by Crippen LogP contribution is -2.17. The topological polar surface area (TPSA) is 15.3 Å². The molecule has 1 aliphatic heterocycles. The molecule has 0 unspecified atom stereocenters. The molecule has 1 N–H and O–H groups in total. The van der Waals surface area contributed by atoms with Crippen molar-refractivity contribution in [1.82, 2.24) is 4.90 Å². The van der Waals surface area contributed by atoms with Crippen molar-refractivity contribution in [3.63, 3.8) is 0 Å². The van der Waals surface area contributed by atoms with Gasteiger partial charge in [-0.15, -0.1) is 11.8 Å². The monoisotopic (exact) mass is 360 g/mol. The Morgan fingerprint density at radius 3 is 2.42 bits per heavy atom. The van der Waals surface area contributed by atoms with Crippen molar-refractivity contribution in [2.45, 2.75) is 23.2 Å². The number of para-hydroxylation sites is 1. The molecule has 0 fully saturated rings. The molecule has 0 amide bonds. The SMILES string of the molecule is CN(C)Cc1ccccc1N[C@H]1c2ccccc2CSc2ccccc21. The second kappa shape index (κ2) is 7.56. The van der Waals surface area contributed by atoms with Crippen LogP contribution < -0.4 is 5.32 Å². The van der Waals surface area contributed by atoms with Crippen LogP contribution in [-0.4, -0.2) is 19.0 Å². The molecule has 0 aromatic heterocycles. The van der Waals surface area contributed by atoms with Crippen LogP contribution in [0.3, 0.4) is 0 Å². The number of anilines is 1. The van der Waals surface area contributed by atoms with Crippen LogP contribution >= 0.6 is 11.8 Å². The number of rotatable bonds is 4. The molecule has 4 rings (SSSR count). The summed E-state index contributed by atoms with van der Waals surface area (Å²) in [5, 5.41) is 3.87. The maximum atomic E-state index is 3.87. The van der Waals surface area contributed by atoms with Crippen LogP contribution in [0, 0.1) is 0 Å². The first-order valence-corrected chi connectivity index (χ1v) is 9.99. The van der Waals surface area contributed by atoms with Crippen LogP contribution in [0.2, 0.25) is 0 Å². The summed E-state index contributed by atoms with van der Waals surface area (Å²) in [6.45, 7) is 0.925. The van der Waals surface area contributed by atoms with Crippen molar-refractivity contribution in [2.75, 3.05) is 19.4 Å². The molecule has 0 saturated heterocycles. The van der Waals surface area contributed by atoms with Crippen LogP contribution in [0.15, 0.2) is 77.7 Å². The molecule has 3 heteroatoms. The number of thioether (sulfide) groups is 1. The number of fused-ring (bicyclic) bond motifs is 2. The van der Waals surface area contributed by atoms with E-state index >= 15 is 0 Å². The minimum atomic E-state index is 0.167. The highest BCUT2D eigenvalue weighted by molar-refractivity contribution is 7.98. The van der Waals surface area contributed by atoms with Gasteiger partial charge in [0.25, 0.3) is 0 Å². The highest BCUT2D eigenvalue weighted by Gasteiger charge is 2.24. The maximum Gasteiger partial charge on any atom is 0.0781 e. The van der Waals surface area contributed by atoms with Gasteiger partial charge in [-0.05, 0) is 48.5 Å². The Morgan fingerprint density at radius 2 is 1.58 bits per heavy atom. The number of hydrogen-bond acceptors (Lipinski definition) is 3. The van der Waals surface area contributed by atoms with E-state index in [-0.39, 0.29) is 6.04 Å². The van der Waals surface area contributed by atoms with E-state index in [0.29, 0.717) is 0 Å². The van der Waals surface area contributed by atoms with Crippen molar-refractivity contribution in [3.05, 3.63) is 95.1 Å². The van der Waals surface area contributed by atoms with E-state index in [2.05, 4.69) is 97.1 Å². The van der Waals surface area contributed by atoms with E-state index in [4.69, 9.17) is 0 Å². The minimum Gasteiger partial charge on any atom is -0.374 e. The zero-order valence-electron chi connectivity index (χ0n) is 15.3. The van der Waals surface area contributed by atoms with Gasteiger partial charge in [0.2, 0.25) is 0 Å². The van der Waals surface area contributed by atoms with Gasteiger partial charge in [0.05, 0.1) is 6.04 Å². The smallest absolute Gasteiger partial charge is 0.0781 e. The van der Waals surface area contributed by atoms with E-state index in [1.54, 1.807) is 0 Å². The fourth-order valence-electron chi connectivity index (χ4n) is 3.57. The molecule has 3 aromatic rings. The molecule has 3 aromatic carbocycles. The van der Waals surface area contributed by atoms with Crippen molar-refractivity contribution in [1.29, 1.82) is 0 Å². The van der Waals surface area contributed by atoms with E-state index in [0.717, 1.165) is 12.3 Å². The third-order valence-electron chi connectivity index (χ3n) is 4.78. The van der Waals surface area contributed by atoms with Crippen LogP contribution in [0.4, 0.5) is 5.69 Å². The van der Waals surface area contributed by atoms with Gasteiger partial charge >= 0.3 is 0 Å². The molecule has 26 heavy (non-hydrogen) atoms. The molecule has 0 radical (unpaired) electrons. The molecule has 0 spiro atoms. The molecule has 0 saturated carbocycles. The van der Waals surface area contributed by atoms with Crippen molar-refractivity contribution in [3.8, 4) is 0 Å². The van der Waals surface area contributed by atoms with Gasteiger partial charge in [-0.2, -0.15) is 0 Å². The summed E-state index contributed by atoms with van der Waals surface area (Å²) in [6.07, 6.45) is 0. The second-order valence-electron chi connectivity index (χ2n) is 7.00. The Bertz CT molecular complexity index is 856. The summed E-state index contributed by atoms with van der Waals surface area (Å²) in [6, 6.07) is 26.4. The summed E-state index contributed by atoms with van der Waals surface area (Å²) >= 11 is 1.93. The molecule has 2 nitrogen and oxygen atoms in total. The Labute approximate surface area is 160 Å². The van der Waals surface area contributed by atoms with Crippen molar-refractivity contribution < 1.29 is 0 Å². The Morgan fingerprint density at radius 1 is 0.885 bits per heavy atom. The number of benzene rings is 3. The van der Waals surface area contributed by atoms with Gasteiger partial charge in [0, 0.05) is 22.9 Å². The first kappa shape index (κ1) is 17.2. The number of nitrogens with zero attached hydrogens (tertiary/aromatic N) is 1. The number of hydrogen-bond donors (Lipinski definition) is 1. The zero-order chi connectivity index (χ0) is 17.9. The summed E-state index contributed by atoms with van der Waals surface area (Å²) in [4.78, 5) is 3.58. The second-order valence-corrected chi connectivity index (χ2v) is 8.01. The molecule has 0 aliphatic carbocycles. The first-order chi connectivity index (χ1) is 12.7. The van der Waals surface area contributed by atoms with E-state index < -0.39 is 0 Å². The summed E-state index contributed by atoms with van der Waals surface area (Å²) in [5.74, 6) is 1.02. The lowest BCUT2D eigenvalue weighted by molar-refractivity contribution is 0.403. The molecule has 0 bridgehead atoms. The molecule has 1 aliphatic rings. The van der Waals surface area contributed by atoms with Gasteiger partial charge in [-0.1, -0.05) is 60.7 Å². The highest BCUT2D eigenvalue weighted by atomic mass is 32.2. The maximum absolute atomic E-state index is 3.87. The Kier molecular flexibility index (Phi) is 5.00. The molecular weight excluding hydrogens is 336 g/mol. The van der Waals surface area contributed by atoms with Crippen molar-refractivity contribution in [2.24, 2.45) is 0 Å². The van der Waals surface area contributed by atoms with E-state index in [9.17, 15) is 0 Å². The van der Waals surface area contributed by atoms with Gasteiger partial charge in [0.1, 0.15) is 0 Å². The third-order valence-corrected chi connectivity index (χ3v) is 5.92. The average Bonchev–Trinajstić information content (AvgIpc) is 2.81. The quantitative estimate of drug-likeness (QED) is 0.656. The van der Waals surface area contributed by atoms with Gasteiger partial charge in [-0.3, -0.25) is 0 Å². The van der Waals surface area contributed by atoms with Crippen LogP contribution in [-0.2, 0) is 12.3 Å². The molecule has 1 atom stereocenters. The third kappa shape index (κ3) is 3.50. The van der Waals surface area contributed by atoms with Crippen LogP contribution in [0.5, 0.6) is 0 Å². The highest BCUT2D eigenvalue weighted by Crippen LogP contribution is 2.41. The lowest BCUT2D eigenvalue weighted by Gasteiger charge is -2.25. The Hall–Kier alpha value is -2.23. The van der Waals surface area contributed by atoms with Gasteiger partial charge in [0.15, 0.2) is 0 Å². The minimum absolute atomic E-state index is 0.167. The standard InChI is InChI=1S/C23H24N2S/c1-25(2)15-17-9-4-7-13-21(17)24-23-19-11-5-3-10-18(19)16-26-22-14-8-6-12-20(22)23/h3-14,23-24H,15-16H2,1-2H3/t23-/m0/s1. The first-order valence-electron chi connectivity index (χ1n) is 9.01. The normalized spacial score (nSPS) is 15.9. The summed E-state index contributed by atoms with van der Waals surface area (Å²) < 4.78 is 0. The van der Waals surface area contributed by atoms with Gasteiger partial charge < -0.3 is 10.2 Å². The largest absolute Gasteiger partial charge is 0.374 e. The molecule has 1 heterocycles. The zero-order valence-corrected chi connectivity index (χ0v) is 16.1. The fraction of sp³-hybridized carbons (Fsp3) is 0.217.